The zero-order valence-corrected chi connectivity index (χ0v) is 13.3. The largest absolute Gasteiger partial charge is 0.381 e. The molecule has 0 fully saturated rings. The number of hydrogen-bond donors (Lipinski definition) is 2. The van der Waals surface area contributed by atoms with Crippen molar-refractivity contribution in [3.63, 3.8) is 0 Å². The summed E-state index contributed by atoms with van der Waals surface area (Å²) in [5.74, 6) is -0.303. The molecule has 0 spiro atoms. The molecule has 0 aliphatic rings. The minimum Gasteiger partial charge on any atom is -0.381 e. The Morgan fingerprint density at radius 2 is 1.09 bits per heavy atom. The van der Waals surface area contributed by atoms with Gasteiger partial charge in [-0.15, -0.1) is 0 Å². The minimum atomic E-state index is -0.152. The molecular weight excluding hydrogens is 284 g/mol. The van der Waals surface area contributed by atoms with E-state index in [9.17, 15) is 9.59 Å². The summed E-state index contributed by atoms with van der Waals surface area (Å²) >= 11 is 0. The van der Waals surface area contributed by atoms with Gasteiger partial charge in [0, 0.05) is 39.5 Å². The van der Waals surface area contributed by atoms with Crippen molar-refractivity contribution in [2.24, 2.45) is 0 Å². The highest BCUT2D eigenvalue weighted by molar-refractivity contribution is 5.87. The van der Waals surface area contributed by atoms with Crippen molar-refractivity contribution >= 4 is 11.8 Å². The van der Waals surface area contributed by atoms with E-state index in [4.69, 9.17) is 9.47 Å². The van der Waals surface area contributed by atoms with Gasteiger partial charge in [0.05, 0.1) is 0 Å². The van der Waals surface area contributed by atoms with Crippen molar-refractivity contribution in [2.45, 2.75) is 25.7 Å². The first kappa shape index (κ1) is 20.3. The van der Waals surface area contributed by atoms with E-state index >= 15 is 0 Å². The molecule has 0 aromatic rings. The van der Waals surface area contributed by atoms with Gasteiger partial charge >= 0.3 is 0 Å². The second-order valence-corrected chi connectivity index (χ2v) is 4.63. The van der Waals surface area contributed by atoms with Crippen molar-refractivity contribution in [1.29, 1.82) is 0 Å². The Hall–Kier alpha value is -1.66. The number of carbonyl (C=O) groups excluding carboxylic acids is 2. The summed E-state index contributed by atoms with van der Waals surface area (Å²) in [5, 5.41) is 5.38. The van der Waals surface area contributed by atoms with Crippen LogP contribution in [0.5, 0.6) is 0 Å². The lowest BCUT2D eigenvalue weighted by Gasteiger charge is -2.06. The van der Waals surface area contributed by atoms with E-state index in [0.29, 0.717) is 39.5 Å². The van der Waals surface area contributed by atoms with Crippen LogP contribution in [0, 0.1) is 0 Å². The van der Waals surface area contributed by atoms with Crippen LogP contribution in [-0.2, 0) is 19.1 Å². The van der Waals surface area contributed by atoms with Gasteiger partial charge in [-0.05, 0) is 37.8 Å². The van der Waals surface area contributed by atoms with Crippen LogP contribution in [0.25, 0.3) is 0 Å². The Bertz CT molecular complexity index is 300. The SMILES string of the molecule is C=CC(=O)NCCCOCCCCOCCCNC(=O)C=C. The number of amides is 2. The predicted molar refractivity (Wildman–Crippen MR) is 86.5 cm³/mol. The fourth-order valence-corrected chi connectivity index (χ4v) is 1.53. The van der Waals surface area contributed by atoms with Crippen molar-refractivity contribution in [1.82, 2.24) is 10.6 Å². The molecule has 0 heterocycles. The summed E-state index contributed by atoms with van der Waals surface area (Å²) in [5.41, 5.74) is 0. The van der Waals surface area contributed by atoms with Crippen molar-refractivity contribution in [2.75, 3.05) is 39.5 Å². The summed E-state index contributed by atoms with van der Waals surface area (Å²) < 4.78 is 10.9. The molecule has 6 heteroatoms. The number of hydrogen-bond acceptors (Lipinski definition) is 4. The van der Waals surface area contributed by atoms with Crippen LogP contribution in [0.2, 0.25) is 0 Å². The van der Waals surface area contributed by atoms with Crippen LogP contribution in [0.3, 0.4) is 0 Å². The first-order chi connectivity index (χ1) is 10.7. The maximum absolute atomic E-state index is 10.9. The Morgan fingerprint density at radius 3 is 1.45 bits per heavy atom. The van der Waals surface area contributed by atoms with Crippen LogP contribution < -0.4 is 10.6 Å². The van der Waals surface area contributed by atoms with Gasteiger partial charge in [0.1, 0.15) is 0 Å². The Kier molecular flexibility index (Phi) is 14.5. The lowest BCUT2D eigenvalue weighted by atomic mass is 10.3. The summed E-state index contributed by atoms with van der Waals surface area (Å²) in [7, 11) is 0. The summed E-state index contributed by atoms with van der Waals surface area (Å²) in [6.07, 6.45) is 6.01. The fraction of sp³-hybridized carbons (Fsp3) is 0.625. The molecule has 0 atom stereocenters. The number of rotatable bonds is 15. The molecular formula is C16H28N2O4. The third-order valence-corrected chi connectivity index (χ3v) is 2.73. The fourth-order valence-electron chi connectivity index (χ4n) is 1.53. The lowest BCUT2D eigenvalue weighted by Crippen LogP contribution is -2.23. The number of ether oxygens (including phenoxy) is 2. The van der Waals surface area contributed by atoms with Crippen molar-refractivity contribution in [3.05, 3.63) is 25.3 Å². The first-order valence-electron chi connectivity index (χ1n) is 7.66. The second kappa shape index (κ2) is 15.7. The third-order valence-electron chi connectivity index (χ3n) is 2.73. The molecule has 2 amide bonds. The normalized spacial score (nSPS) is 10.0. The van der Waals surface area contributed by atoms with Gasteiger partial charge < -0.3 is 20.1 Å². The molecule has 2 N–H and O–H groups in total. The number of unbranched alkanes of at least 4 members (excludes halogenated alkanes) is 1. The highest BCUT2D eigenvalue weighted by Gasteiger charge is 1.95. The molecule has 6 nitrogen and oxygen atoms in total. The molecule has 0 aromatic carbocycles. The van der Waals surface area contributed by atoms with Crippen LogP contribution in [0.1, 0.15) is 25.7 Å². The topological polar surface area (TPSA) is 76.7 Å². The molecule has 0 aliphatic heterocycles. The molecule has 0 aliphatic carbocycles. The molecule has 0 radical (unpaired) electrons. The second-order valence-electron chi connectivity index (χ2n) is 4.63. The molecule has 0 aromatic heterocycles. The van der Waals surface area contributed by atoms with E-state index in [2.05, 4.69) is 23.8 Å². The first-order valence-corrected chi connectivity index (χ1v) is 7.66. The standard InChI is InChI=1S/C16H28N2O4/c1-3-15(19)17-9-7-13-21-11-5-6-12-22-14-8-10-18-16(20)4-2/h3-4H,1-2,5-14H2,(H,17,19)(H,18,20). The van der Waals surface area contributed by atoms with Gasteiger partial charge in [-0.1, -0.05) is 13.2 Å². The van der Waals surface area contributed by atoms with Crippen molar-refractivity contribution < 1.29 is 19.1 Å². The lowest BCUT2D eigenvalue weighted by molar-refractivity contribution is -0.117. The van der Waals surface area contributed by atoms with E-state index in [1.54, 1.807) is 0 Å². The average molecular weight is 312 g/mol. The molecule has 0 unspecified atom stereocenters. The molecule has 126 valence electrons. The van der Waals surface area contributed by atoms with Crippen LogP contribution >= 0.6 is 0 Å². The van der Waals surface area contributed by atoms with Gasteiger partial charge in [-0.2, -0.15) is 0 Å². The van der Waals surface area contributed by atoms with Gasteiger partial charge in [-0.3, -0.25) is 9.59 Å². The van der Waals surface area contributed by atoms with E-state index in [1.807, 2.05) is 0 Å². The molecule has 0 rings (SSSR count). The van der Waals surface area contributed by atoms with Gasteiger partial charge in [0.2, 0.25) is 11.8 Å². The van der Waals surface area contributed by atoms with Crippen LogP contribution in [0.4, 0.5) is 0 Å². The Labute approximate surface area is 132 Å². The number of carbonyl (C=O) groups is 2. The minimum absolute atomic E-state index is 0.152. The van der Waals surface area contributed by atoms with E-state index < -0.39 is 0 Å². The highest BCUT2D eigenvalue weighted by Crippen LogP contribution is 1.93. The Balaban J connectivity index is 3.08. The molecule has 0 saturated carbocycles. The van der Waals surface area contributed by atoms with Gasteiger partial charge in [-0.25, -0.2) is 0 Å². The zero-order valence-electron chi connectivity index (χ0n) is 13.3. The summed E-state index contributed by atoms with van der Waals surface area (Å²) in [6, 6.07) is 0. The van der Waals surface area contributed by atoms with Crippen LogP contribution in [0.15, 0.2) is 25.3 Å². The quantitative estimate of drug-likeness (QED) is 0.352. The highest BCUT2D eigenvalue weighted by atomic mass is 16.5. The Morgan fingerprint density at radius 1 is 0.727 bits per heavy atom. The number of nitrogens with one attached hydrogen (secondary N) is 2. The summed E-state index contributed by atoms with van der Waals surface area (Å²) in [4.78, 5) is 21.7. The summed E-state index contributed by atoms with van der Waals surface area (Å²) in [6.45, 7) is 10.7. The predicted octanol–water partition coefficient (Wildman–Crippen LogP) is 1.18. The van der Waals surface area contributed by atoms with Crippen LogP contribution in [-0.4, -0.2) is 51.3 Å². The van der Waals surface area contributed by atoms with Gasteiger partial charge in [0.25, 0.3) is 0 Å². The maximum Gasteiger partial charge on any atom is 0.243 e. The van der Waals surface area contributed by atoms with E-state index in [1.165, 1.54) is 12.2 Å². The third kappa shape index (κ3) is 14.7. The average Bonchev–Trinajstić information content (AvgIpc) is 2.54. The zero-order chi connectivity index (χ0) is 16.5. The van der Waals surface area contributed by atoms with Gasteiger partial charge in [0.15, 0.2) is 0 Å². The smallest absolute Gasteiger partial charge is 0.243 e. The molecule has 0 bridgehead atoms. The van der Waals surface area contributed by atoms with Crippen molar-refractivity contribution in [3.8, 4) is 0 Å². The molecule has 0 saturated heterocycles. The molecule has 22 heavy (non-hydrogen) atoms. The van der Waals surface area contributed by atoms with E-state index in [0.717, 1.165) is 25.7 Å². The van der Waals surface area contributed by atoms with E-state index in [-0.39, 0.29) is 11.8 Å². The maximum atomic E-state index is 10.9. The monoisotopic (exact) mass is 312 g/mol.